The van der Waals surface area contributed by atoms with Gasteiger partial charge in [0.05, 0.1) is 0 Å². The van der Waals surface area contributed by atoms with Crippen molar-refractivity contribution in [1.29, 1.82) is 0 Å². The largest absolute Gasteiger partial charge is 0.343 e. The van der Waals surface area contributed by atoms with Gasteiger partial charge in [0.2, 0.25) is 0 Å². The summed E-state index contributed by atoms with van der Waals surface area (Å²) in [5.41, 5.74) is 0.883. The average molecular weight is 153 g/mol. The van der Waals surface area contributed by atoms with E-state index < -0.39 is 6.67 Å². The third-order valence-electron chi connectivity index (χ3n) is 1.43. The van der Waals surface area contributed by atoms with Crippen LogP contribution in [0.25, 0.3) is 0 Å². The molecule has 1 rings (SSSR count). The maximum atomic E-state index is 11.8. The molecule has 0 saturated carbocycles. The Labute approximate surface area is 65.2 Å². The molecule has 1 nitrogen and oxygen atoms in total. The lowest BCUT2D eigenvalue weighted by Gasteiger charge is -1.93. The first-order valence-electron chi connectivity index (χ1n) is 3.40. The van der Waals surface area contributed by atoms with Crippen LogP contribution in [-0.4, -0.2) is 19.6 Å². The van der Waals surface area contributed by atoms with Crippen molar-refractivity contribution in [3.05, 3.63) is 36.0 Å². The molecule has 0 saturated heterocycles. The van der Waals surface area contributed by atoms with Crippen LogP contribution < -0.4 is 0 Å². The van der Waals surface area contributed by atoms with Gasteiger partial charge < -0.3 is 0 Å². The van der Waals surface area contributed by atoms with E-state index in [0.29, 0.717) is 0 Å². The quantitative estimate of drug-likeness (QED) is 0.508. The molecule has 1 aliphatic carbocycles. The van der Waals surface area contributed by atoms with Crippen molar-refractivity contribution < 1.29 is 8.82 Å². The number of ketones is 1. The van der Waals surface area contributed by atoms with E-state index in [-0.39, 0.29) is 0 Å². The molecule has 0 unspecified atom stereocenters. The topological polar surface area (TPSA) is 11.3 Å². The molecule has 0 fully saturated rings. The zero-order valence-electron chi connectivity index (χ0n) is 6.38. The number of alkyl halides is 1. The summed E-state index contributed by atoms with van der Waals surface area (Å²) < 4.78 is 16.7. The summed E-state index contributed by atoms with van der Waals surface area (Å²) >= 11 is 0. The van der Waals surface area contributed by atoms with E-state index in [1.54, 1.807) is 7.11 Å². The van der Waals surface area contributed by atoms with Gasteiger partial charge in [-0.25, -0.2) is 4.39 Å². The smallest absolute Gasteiger partial charge is 0.258 e. The summed E-state index contributed by atoms with van der Waals surface area (Å²) in [5, 5.41) is 0. The highest BCUT2D eigenvalue weighted by Gasteiger charge is 2.04. The molecule has 0 aliphatic heterocycles. The average Bonchev–Trinajstić information content (AvgIpc) is 2.07. The monoisotopic (exact) mass is 153 g/mol. The lowest BCUT2D eigenvalue weighted by molar-refractivity contribution is -0.417. The zero-order valence-corrected chi connectivity index (χ0v) is 6.38. The van der Waals surface area contributed by atoms with Gasteiger partial charge in [0.1, 0.15) is 6.67 Å². The molecule has 58 valence electrons. The second-order valence-electron chi connectivity index (χ2n) is 2.13. The van der Waals surface area contributed by atoms with Crippen LogP contribution in [0, 0.1) is 0 Å². The predicted molar refractivity (Wildman–Crippen MR) is 43.3 cm³/mol. The van der Waals surface area contributed by atoms with Crippen molar-refractivity contribution in [2.45, 2.75) is 0 Å². The molecule has 2 heteroatoms. The highest BCUT2D eigenvalue weighted by molar-refractivity contribution is 6.01. The van der Waals surface area contributed by atoms with Gasteiger partial charge in [-0.15, -0.1) is 0 Å². The van der Waals surface area contributed by atoms with Gasteiger partial charge in [-0.1, -0.05) is 0 Å². The Bertz CT molecular complexity index is 228. The predicted octanol–water partition coefficient (Wildman–Crippen LogP) is 1.74. The van der Waals surface area contributed by atoms with E-state index in [2.05, 4.69) is 0 Å². The Morgan fingerprint density at radius 1 is 1.36 bits per heavy atom. The summed E-state index contributed by atoms with van der Waals surface area (Å²) in [6.45, 7) is -0.424. The van der Waals surface area contributed by atoms with Crippen LogP contribution in [0.1, 0.15) is 0 Å². The molecular weight excluding hydrogens is 143 g/mol. The van der Waals surface area contributed by atoms with Crippen molar-refractivity contribution in [3.8, 4) is 0 Å². The summed E-state index contributed by atoms with van der Waals surface area (Å²) in [7, 11) is 1.61. The van der Waals surface area contributed by atoms with E-state index in [9.17, 15) is 4.39 Å². The molecule has 0 atom stereocenters. The highest BCUT2D eigenvalue weighted by atomic mass is 19.1. The summed E-state index contributed by atoms with van der Waals surface area (Å²) in [4.78, 5) is 0. The van der Waals surface area contributed by atoms with Crippen LogP contribution in [-0.2, 0) is 4.42 Å². The maximum absolute atomic E-state index is 11.8. The Balaban J connectivity index is 2.72. The van der Waals surface area contributed by atoms with Gasteiger partial charge in [0.15, 0.2) is 0 Å². The first-order chi connectivity index (χ1) is 5.36. The van der Waals surface area contributed by atoms with Crippen molar-refractivity contribution in [3.63, 3.8) is 0 Å². The summed E-state index contributed by atoms with van der Waals surface area (Å²) in [6.07, 6.45) is 8.76. The molecule has 0 spiro atoms. The molecule has 0 aromatic heterocycles. The van der Waals surface area contributed by atoms with Crippen LogP contribution in [0.4, 0.5) is 4.39 Å². The first kappa shape index (κ1) is 7.92. The molecule has 0 radical (unpaired) electrons. The van der Waals surface area contributed by atoms with Crippen LogP contribution in [0.2, 0.25) is 0 Å². The fourth-order valence-corrected chi connectivity index (χ4v) is 0.829. The van der Waals surface area contributed by atoms with Gasteiger partial charge >= 0.3 is 5.78 Å². The van der Waals surface area contributed by atoms with E-state index in [1.807, 2.05) is 24.3 Å². The lowest BCUT2D eigenvalue weighted by atomic mass is 10.1. The molecular formula is C9H10FO+. The zero-order chi connectivity index (χ0) is 8.10. The van der Waals surface area contributed by atoms with Crippen LogP contribution >= 0.6 is 0 Å². The van der Waals surface area contributed by atoms with E-state index in [0.717, 1.165) is 11.4 Å². The highest BCUT2D eigenvalue weighted by Crippen LogP contribution is 2.05. The number of carbonyl (C=O) groups excluding carboxylic acids is 1. The Morgan fingerprint density at radius 2 is 2.00 bits per heavy atom. The maximum Gasteiger partial charge on any atom is 0.343 e. The number of rotatable bonds is 1. The SMILES string of the molecule is C[O+]=C1C=CC(=CCF)C=C1. The lowest BCUT2D eigenvalue weighted by Crippen LogP contribution is -1.95. The van der Waals surface area contributed by atoms with E-state index in [4.69, 9.17) is 4.42 Å². The third-order valence-corrected chi connectivity index (χ3v) is 1.43. The fourth-order valence-electron chi connectivity index (χ4n) is 0.829. The summed E-state index contributed by atoms with van der Waals surface area (Å²) in [5.74, 6) is 0.793. The molecule has 1 aliphatic rings. The van der Waals surface area contributed by atoms with Gasteiger partial charge in [0, 0.05) is 12.2 Å². The molecule has 0 aromatic carbocycles. The second-order valence-corrected chi connectivity index (χ2v) is 2.13. The number of hydrogen-bond acceptors (Lipinski definition) is 0. The minimum atomic E-state index is -0.424. The summed E-state index contributed by atoms with van der Waals surface area (Å²) in [6, 6.07) is 0. The van der Waals surface area contributed by atoms with Crippen LogP contribution in [0.5, 0.6) is 0 Å². The standard InChI is InChI=1S/C9H10FO/c1-11-9-4-2-8(3-5-9)6-7-10/h2-6H,7H2,1H3/q+1. The molecule has 0 aromatic rings. The molecule has 11 heavy (non-hydrogen) atoms. The third kappa shape index (κ3) is 2.15. The fraction of sp³-hybridized carbons (Fsp3) is 0.222. The number of halogens is 1. The normalized spacial score (nSPS) is 15.5. The number of allylic oxidation sites excluding steroid dienone is 6. The minimum Gasteiger partial charge on any atom is -0.258 e. The van der Waals surface area contributed by atoms with E-state index >= 15 is 0 Å². The molecule has 0 bridgehead atoms. The van der Waals surface area contributed by atoms with Crippen molar-refractivity contribution in [2.75, 3.05) is 13.8 Å². The minimum absolute atomic E-state index is 0.424. The van der Waals surface area contributed by atoms with Gasteiger partial charge in [-0.2, -0.15) is 0 Å². The Morgan fingerprint density at radius 3 is 2.45 bits per heavy atom. The van der Waals surface area contributed by atoms with Gasteiger partial charge in [-0.3, -0.25) is 4.42 Å². The Hall–Kier alpha value is -1.18. The van der Waals surface area contributed by atoms with Crippen LogP contribution in [0.15, 0.2) is 36.0 Å². The second kappa shape index (κ2) is 3.86. The van der Waals surface area contributed by atoms with Crippen molar-refractivity contribution in [1.82, 2.24) is 0 Å². The number of hydrogen-bond donors (Lipinski definition) is 0. The van der Waals surface area contributed by atoms with Gasteiger partial charge in [0.25, 0.3) is 7.11 Å². The van der Waals surface area contributed by atoms with Gasteiger partial charge in [-0.05, 0) is 23.8 Å². The van der Waals surface area contributed by atoms with E-state index in [1.165, 1.54) is 6.08 Å². The van der Waals surface area contributed by atoms with Crippen molar-refractivity contribution >= 4 is 5.78 Å². The molecule has 0 heterocycles. The van der Waals surface area contributed by atoms with Crippen LogP contribution in [0.3, 0.4) is 0 Å². The van der Waals surface area contributed by atoms with Crippen molar-refractivity contribution in [2.24, 2.45) is 0 Å². The Kier molecular flexibility index (Phi) is 2.78. The molecule has 0 amide bonds. The first-order valence-corrected chi connectivity index (χ1v) is 3.40. The molecule has 0 N–H and O–H groups in total.